The van der Waals surface area contributed by atoms with Gasteiger partial charge in [-0.1, -0.05) is 44.2 Å². The highest BCUT2D eigenvalue weighted by Crippen LogP contribution is 2.24. The molecule has 0 aromatic heterocycles. The zero-order chi connectivity index (χ0) is 10.2. The highest BCUT2D eigenvalue weighted by atomic mass is 14.9. The standard InChI is InChI=1S/C11H15N.C2H6/c1-2-4-10(5-3-1)11-6-8-12-9-7-11;1-2/h1-5,11-12H,6-9H2;1-2H3. The Balaban J connectivity index is 0.000000461. The highest BCUT2D eigenvalue weighted by molar-refractivity contribution is 5.19. The van der Waals surface area contributed by atoms with Crippen molar-refractivity contribution >= 4 is 0 Å². The van der Waals surface area contributed by atoms with E-state index in [1.807, 2.05) is 13.8 Å². The molecular formula is C13H21N. The summed E-state index contributed by atoms with van der Waals surface area (Å²) >= 11 is 0. The van der Waals surface area contributed by atoms with Crippen molar-refractivity contribution in [3.05, 3.63) is 35.9 Å². The number of benzene rings is 1. The van der Waals surface area contributed by atoms with Gasteiger partial charge in [-0.15, -0.1) is 0 Å². The maximum atomic E-state index is 3.38. The Morgan fingerprint density at radius 1 is 1.00 bits per heavy atom. The first-order valence-corrected chi connectivity index (χ1v) is 5.72. The van der Waals surface area contributed by atoms with Crippen LogP contribution in [0.4, 0.5) is 0 Å². The third-order valence-corrected chi connectivity index (χ3v) is 2.61. The summed E-state index contributed by atoms with van der Waals surface area (Å²) in [5, 5.41) is 3.38. The molecule has 78 valence electrons. The van der Waals surface area contributed by atoms with Gasteiger partial charge in [-0.05, 0) is 37.4 Å². The molecule has 0 amide bonds. The summed E-state index contributed by atoms with van der Waals surface area (Å²) in [7, 11) is 0. The van der Waals surface area contributed by atoms with Crippen LogP contribution in [0.2, 0.25) is 0 Å². The fourth-order valence-electron chi connectivity index (χ4n) is 1.88. The Hall–Kier alpha value is -0.820. The van der Waals surface area contributed by atoms with Crippen molar-refractivity contribution in [2.75, 3.05) is 13.1 Å². The van der Waals surface area contributed by atoms with E-state index >= 15 is 0 Å². The fourth-order valence-corrected chi connectivity index (χ4v) is 1.88. The molecule has 1 heteroatoms. The van der Waals surface area contributed by atoms with Gasteiger partial charge in [0.15, 0.2) is 0 Å². The molecule has 0 aliphatic carbocycles. The maximum absolute atomic E-state index is 3.38. The van der Waals surface area contributed by atoms with Crippen LogP contribution in [0.5, 0.6) is 0 Å². The van der Waals surface area contributed by atoms with Gasteiger partial charge in [0, 0.05) is 0 Å². The second-order valence-electron chi connectivity index (χ2n) is 3.43. The Morgan fingerprint density at radius 2 is 1.57 bits per heavy atom. The minimum Gasteiger partial charge on any atom is -0.317 e. The van der Waals surface area contributed by atoms with Gasteiger partial charge < -0.3 is 5.32 Å². The fraction of sp³-hybridized carbons (Fsp3) is 0.538. The molecule has 0 bridgehead atoms. The van der Waals surface area contributed by atoms with E-state index in [1.54, 1.807) is 0 Å². The Labute approximate surface area is 87.5 Å². The first kappa shape index (κ1) is 11.3. The van der Waals surface area contributed by atoms with Crippen molar-refractivity contribution in [2.24, 2.45) is 0 Å². The van der Waals surface area contributed by atoms with Gasteiger partial charge in [0.25, 0.3) is 0 Å². The summed E-state index contributed by atoms with van der Waals surface area (Å²) in [5.74, 6) is 0.799. The van der Waals surface area contributed by atoms with E-state index in [9.17, 15) is 0 Å². The van der Waals surface area contributed by atoms with Crippen LogP contribution in [0.15, 0.2) is 30.3 Å². The van der Waals surface area contributed by atoms with Crippen molar-refractivity contribution in [3.8, 4) is 0 Å². The van der Waals surface area contributed by atoms with E-state index in [2.05, 4.69) is 35.6 Å². The molecule has 1 saturated heterocycles. The molecular weight excluding hydrogens is 170 g/mol. The van der Waals surface area contributed by atoms with E-state index in [0.717, 1.165) is 5.92 Å². The molecule has 0 unspecified atom stereocenters. The molecule has 1 aromatic rings. The summed E-state index contributed by atoms with van der Waals surface area (Å²) in [6.07, 6.45) is 2.59. The lowest BCUT2D eigenvalue weighted by Gasteiger charge is -2.22. The monoisotopic (exact) mass is 191 g/mol. The van der Waals surface area contributed by atoms with Crippen LogP contribution in [0.3, 0.4) is 0 Å². The Bertz CT molecular complexity index is 224. The zero-order valence-electron chi connectivity index (χ0n) is 9.29. The predicted octanol–water partition coefficient (Wildman–Crippen LogP) is 3.18. The van der Waals surface area contributed by atoms with Crippen molar-refractivity contribution in [1.29, 1.82) is 0 Å². The second kappa shape index (κ2) is 6.61. The first-order chi connectivity index (χ1) is 6.97. The normalized spacial score (nSPS) is 17.0. The lowest BCUT2D eigenvalue weighted by atomic mass is 9.90. The molecule has 1 aromatic carbocycles. The molecule has 0 radical (unpaired) electrons. The molecule has 1 heterocycles. The second-order valence-corrected chi connectivity index (χ2v) is 3.43. The minimum atomic E-state index is 0.799. The van der Waals surface area contributed by atoms with Crippen molar-refractivity contribution in [2.45, 2.75) is 32.6 Å². The molecule has 0 spiro atoms. The van der Waals surface area contributed by atoms with Gasteiger partial charge in [-0.2, -0.15) is 0 Å². The first-order valence-electron chi connectivity index (χ1n) is 5.72. The number of hydrogen-bond donors (Lipinski definition) is 1. The van der Waals surface area contributed by atoms with Crippen LogP contribution >= 0.6 is 0 Å². The van der Waals surface area contributed by atoms with Gasteiger partial charge in [-0.25, -0.2) is 0 Å². The molecule has 1 aliphatic rings. The van der Waals surface area contributed by atoms with E-state index < -0.39 is 0 Å². The third-order valence-electron chi connectivity index (χ3n) is 2.61. The largest absolute Gasteiger partial charge is 0.317 e. The van der Waals surface area contributed by atoms with Crippen LogP contribution in [0.25, 0.3) is 0 Å². The lowest BCUT2D eigenvalue weighted by molar-refractivity contribution is 0.460. The summed E-state index contributed by atoms with van der Waals surface area (Å²) in [4.78, 5) is 0. The Morgan fingerprint density at radius 3 is 2.14 bits per heavy atom. The van der Waals surface area contributed by atoms with Crippen LogP contribution < -0.4 is 5.32 Å². The molecule has 14 heavy (non-hydrogen) atoms. The molecule has 0 saturated carbocycles. The van der Waals surface area contributed by atoms with E-state index in [-0.39, 0.29) is 0 Å². The van der Waals surface area contributed by atoms with Gasteiger partial charge in [0.05, 0.1) is 0 Å². The van der Waals surface area contributed by atoms with E-state index in [1.165, 1.54) is 31.5 Å². The highest BCUT2D eigenvalue weighted by Gasteiger charge is 2.13. The average molecular weight is 191 g/mol. The number of nitrogens with one attached hydrogen (secondary N) is 1. The van der Waals surface area contributed by atoms with Crippen molar-refractivity contribution < 1.29 is 0 Å². The zero-order valence-corrected chi connectivity index (χ0v) is 9.29. The number of piperidine rings is 1. The summed E-state index contributed by atoms with van der Waals surface area (Å²) in [6.45, 7) is 6.36. The number of hydrogen-bond acceptors (Lipinski definition) is 1. The third kappa shape index (κ3) is 3.15. The van der Waals surface area contributed by atoms with Gasteiger partial charge >= 0.3 is 0 Å². The van der Waals surface area contributed by atoms with Crippen LogP contribution in [0.1, 0.15) is 38.2 Å². The van der Waals surface area contributed by atoms with Crippen LogP contribution in [0, 0.1) is 0 Å². The minimum absolute atomic E-state index is 0.799. The predicted molar refractivity (Wildman–Crippen MR) is 62.6 cm³/mol. The lowest BCUT2D eigenvalue weighted by Crippen LogP contribution is -2.26. The smallest absolute Gasteiger partial charge is 0.00431 e. The molecule has 2 rings (SSSR count). The van der Waals surface area contributed by atoms with Crippen molar-refractivity contribution in [3.63, 3.8) is 0 Å². The van der Waals surface area contributed by atoms with E-state index in [0.29, 0.717) is 0 Å². The van der Waals surface area contributed by atoms with Gasteiger partial charge in [0.1, 0.15) is 0 Å². The molecule has 1 aliphatic heterocycles. The average Bonchev–Trinajstić information content (AvgIpc) is 2.34. The SMILES string of the molecule is CC.c1ccc(C2CCNCC2)cc1. The quantitative estimate of drug-likeness (QED) is 0.719. The van der Waals surface area contributed by atoms with E-state index in [4.69, 9.17) is 0 Å². The molecule has 1 N–H and O–H groups in total. The maximum Gasteiger partial charge on any atom is -0.00431 e. The van der Waals surface area contributed by atoms with Crippen LogP contribution in [-0.2, 0) is 0 Å². The van der Waals surface area contributed by atoms with Crippen LogP contribution in [-0.4, -0.2) is 13.1 Å². The molecule has 1 nitrogen and oxygen atoms in total. The topological polar surface area (TPSA) is 12.0 Å². The van der Waals surface area contributed by atoms with Gasteiger partial charge in [-0.3, -0.25) is 0 Å². The summed E-state index contributed by atoms with van der Waals surface area (Å²) < 4.78 is 0. The molecule has 1 fully saturated rings. The Kier molecular flexibility index (Phi) is 5.31. The summed E-state index contributed by atoms with van der Waals surface area (Å²) in [5.41, 5.74) is 1.51. The van der Waals surface area contributed by atoms with Gasteiger partial charge in [0.2, 0.25) is 0 Å². The summed E-state index contributed by atoms with van der Waals surface area (Å²) in [6, 6.07) is 10.9. The van der Waals surface area contributed by atoms with Crippen molar-refractivity contribution in [1.82, 2.24) is 5.32 Å². The number of rotatable bonds is 1. The molecule has 0 atom stereocenters.